The van der Waals surface area contributed by atoms with Crippen LogP contribution in [0.3, 0.4) is 0 Å². The summed E-state index contributed by atoms with van der Waals surface area (Å²) in [5.74, 6) is -0.345. The van der Waals surface area contributed by atoms with Crippen molar-refractivity contribution in [3.8, 4) is 5.75 Å². The molecular formula is C26H29FN2O4S2. The highest BCUT2D eigenvalue weighted by Gasteiger charge is 2.29. The van der Waals surface area contributed by atoms with Gasteiger partial charge in [0.05, 0.1) is 17.2 Å². The molecule has 0 aromatic heterocycles. The SMILES string of the molecule is CCOc1ccccc1N(CC(=O)NCCCc1ccc(F)cc1)S(=O)(=O)c1ccc(SC)cc1. The molecule has 1 amide bonds. The number of halogens is 1. The molecule has 0 bridgehead atoms. The van der Waals surface area contributed by atoms with Gasteiger partial charge in [-0.1, -0.05) is 24.3 Å². The average Bonchev–Trinajstić information content (AvgIpc) is 2.87. The van der Waals surface area contributed by atoms with Crippen LogP contribution in [-0.2, 0) is 21.2 Å². The molecule has 0 fully saturated rings. The van der Waals surface area contributed by atoms with Gasteiger partial charge in [0.25, 0.3) is 10.0 Å². The van der Waals surface area contributed by atoms with Crippen molar-refractivity contribution in [1.82, 2.24) is 5.32 Å². The third-order valence-electron chi connectivity index (χ3n) is 5.25. The Morgan fingerprint density at radius 1 is 1.03 bits per heavy atom. The third kappa shape index (κ3) is 7.22. The highest BCUT2D eigenvalue weighted by molar-refractivity contribution is 7.98. The number of amides is 1. The Morgan fingerprint density at radius 3 is 2.37 bits per heavy atom. The van der Waals surface area contributed by atoms with Gasteiger partial charge in [-0.05, 0) is 80.1 Å². The molecule has 186 valence electrons. The highest BCUT2D eigenvalue weighted by Crippen LogP contribution is 2.32. The summed E-state index contributed by atoms with van der Waals surface area (Å²) in [5.41, 5.74) is 1.26. The van der Waals surface area contributed by atoms with Crippen molar-refractivity contribution in [3.05, 3.63) is 84.2 Å². The van der Waals surface area contributed by atoms with E-state index in [1.807, 2.05) is 13.2 Å². The highest BCUT2D eigenvalue weighted by atomic mass is 32.2. The molecule has 0 aliphatic heterocycles. The molecule has 3 aromatic rings. The Kier molecular flexibility index (Phi) is 9.56. The maximum Gasteiger partial charge on any atom is 0.264 e. The van der Waals surface area contributed by atoms with E-state index in [2.05, 4.69) is 5.32 Å². The summed E-state index contributed by atoms with van der Waals surface area (Å²) in [5, 5.41) is 2.79. The molecule has 1 N–H and O–H groups in total. The van der Waals surface area contributed by atoms with Crippen molar-refractivity contribution < 1.29 is 22.3 Å². The van der Waals surface area contributed by atoms with Crippen LogP contribution in [0.5, 0.6) is 5.75 Å². The molecule has 0 aliphatic rings. The second-order valence-electron chi connectivity index (χ2n) is 7.67. The van der Waals surface area contributed by atoms with Gasteiger partial charge in [0.1, 0.15) is 18.1 Å². The molecule has 0 spiro atoms. The van der Waals surface area contributed by atoms with E-state index in [0.29, 0.717) is 37.4 Å². The summed E-state index contributed by atoms with van der Waals surface area (Å²) in [4.78, 5) is 13.8. The quantitative estimate of drug-likeness (QED) is 0.274. The van der Waals surface area contributed by atoms with Gasteiger partial charge in [0.2, 0.25) is 5.91 Å². The van der Waals surface area contributed by atoms with Crippen LogP contribution in [0.25, 0.3) is 0 Å². The number of hydrogen-bond donors (Lipinski definition) is 1. The third-order valence-corrected chi connectivity index (χ3v) is 7.76. The Labute approximate surface area is 210 Å². The fraction of sp³-hybridized carbons (Fsp3) is 0.269. The van der Waals surface area contributed by atoms with Gasteiger partial charge in [0, 0.05) is 11.4 Å². The Bertz CT molecular complexity index is 1220. The van der Waals surface area contributed by atoms with Crippen molar-refractivity contribution >= 4 is 33.4 Å². The van der Waals surface area contributed by atoms with Crippen molar-refractivity contribution in [3.63, 3.8) is 0 Å². The van der Waals surface area contributed by atoms with E-state index in [1.165, 1.54) is 36.0 Å². The number of nitrogens with one attached hydrogen (secondary N) is 1. The van der Waals surface area contributed by atoms with Gasteiger partial charge in [-0.3, -0.25) is 9.10 Å². The van der Waals surface area contributed by atoms with Gasteiger partial charge in [-0.25, -0.2) is 12.8 Å². The lowest BCUT2D eigenvalue weighted by atomic mass is 10.1. The minimum absolute atomic E-state index is 0.0886. The number of rotatable bonds is 12. The minimum atomic E-state index is -4.04. The second kappa shape index (κ2) is 12.6. The van der Waals surface area contributed by atoms with Gasteiger partial charge >= 0.3 is 0 Å². The number of benzene rings is 3. The minimum Gasteiger partial charge on any atom is -0.492 e. The predicted molar refractivity (Wildman–Crippen MR) is 138 cm³/mol. The van der Waals surface area contributed by atoms with Gasteiger partial charge in [0.15, 0.2) is 0 Å². The number of anilines is 1. The molecule has 0 saturated heterocycles. The van der Waals surface area contributed by atoms with E-state index in [9.17, 15) is 17.6 Å². The van der Waals surface area contributed by atoms with E-state index in [-0.39, 0.29) is 10.7 Å². The first kappa shape index (κ1) is 26.6. The molecule has 35 heavy (non-hydrogen) atoms. The lowest BCUT2D eigenvalue weighted by molar-refractivity contribution is -0.119. The van der Waals surface area contributed by atoms with Crippen molar-refractivity contribution in [1.29, 1.82) is 0 Å². The van der Waals surface area contributed by atoms with Gasteiger partial charge in [-0.2, -0.15) is 0 Å². The second-order valence-corrected chi connectivity index (χ2v) is 10.4. The van der Waals surface area contributed by atoms with Gasteiger partial charge in [-0.15, -0.1) is 11.8 Å². The summed E-state index contributed by atoms with van der Waals surface area (Å²) in [7, 11) is -4.04. The molecule has 0 atom stereocenters. The van der Waals surface area contributed by atoms with Crippen LogP contribution in [0.2, 0.25) is 0 Å². The van der Waals surface area contributed by atoms with Gasteiger partial charge < -0.3 is 10.1 Å². The maximum atomic E-state index is 13.6. The van der Waals surface area contributed by atoms with Crippen molar-refractivity contribution in [2.75, 3.05) is 30.3 Å². The van der Waals surface area contributed by atoms with Crippen LogP contribution in [0.1, 0.15) is 18.9 Å². The Balaban J connectivity index is 1.77. The summed E-state index contributed by atoms with van der Waals surface area (Å²) in [6.07, 6.45) is 3.21. The lowest BCUT2D eigenvalue weighted by Crippen LogP contribution is -2.41. The molecular weight excluding hydrogens is 487 g/mol. The van der Waals surface area contributed by atoms with E-state index in [0.717, 1.165) is 14.8 Å². The number of carbonyl (C=O) groups excluding carboxylic acids is 1. The van der Waals surface area contributed by atoms with Crippen LogP contribution >= 0.6 is 11.8 Å². The summed E-state index contributed by atoms with van der Waals surface area (Å²) >= 11 is 1.51. The predicted octanol–water partition coefficient (Wildman–Crippen LogP) is 4.89. The molecule has 0 radical (unpaired) electrons. The average molecular weight is 517 g/mol. The van der Waals surface area contributed by atoms with Crippen molar-refractivity contribution in [2.24, 2.45) is 0 Å². The van der Waals surface area contributed by atoms with Crippen LogP contribution in [0.4, 0.5) is 10.1 Å². The molecule has 0 heterocycles. The number of aryl methyl sites for hydroxylation is 1. The Hall–Kier alpha value is -3.04. The zero-order valence-corrected chi connectivity index (χ0v) is 21.4. The lowest BCUT2D eigenvalue weighted by Gasteiger charge is -2.26. The molecule has 9 heteroatoms. The fourth-order valence-electron chi connectivity index (χ4n) is 3.47. The first-order valence-corrected chi connectivity index (χ1v) is 13.9. The van der Waals surface area contributed by atoms with Crippen LogP contribution in [-0.4, -0.2) is 40.3 Å². The number of ether oxygens (including phenoxy) is 1. The molecule has 3 aromatic carbocycles. The standard InChI is InChI=1S/C26H29FN2O4S2/c1-3-33-25-9-5-4-8-24(25)29(35(31,32)23-16-14-22(34-2)15-17-23)19-26(30)28-18-6-7-20-10-12-21(27)13-11-20/h4-5,8-17H,3,6-7,18-19H2,1-2H3,(H,28,30). The molecule has 0 saturated carbocycles. The zero-order valence-electron chi connectivity index (χ0n) is 19.7. The molecule has 0 aliphatic carbocycles. The number of hydrogen-bond acceptors (Lipinski definition) is 5. The summed E-state index contributed by atoms with van der Waals surface area (Å²) in [6, 6.07) is 19.5. The van der Waals surface area contributed by atoms with Crippen LogP contribution in [0.15, 0.2) is 82.6 Å². The maximum absolute atomic E-state index is 13.6. The topological polar surface area (TPSA) is 75.7 Å². The summed E-state index contributed by atoms with van der Waals surface area (Å²) in [6.45, 7) is 2.13. The number of carbonyl (C=O) groups is 1. The van der Waals surface area contributed by atoms with Crippen LogP contribution < -0.4 is 14.4 Å². The van der Waals surface area contributed by atoms with Crippen molar-refractivity contribution in [2.45, 2.75) is 29.6 Å². The molecule has 3 rings (SSSR count). The fourth-order valence-corrected chi connectivity index (χ4v) is 5.31. The van der Waals surface area contributed by atoms with Crippen LogP contribution in [0, 0.1) is 5.82 Å². The summed E-state index contributed by atoms with van der Waals surface area (Å²) < 4.78 is 47.0. The smallest absolute Gasteiger partial charge is 0.264 e. The van der Waals surface area contributed by atoms with E-state index >= 15 is 0 Å². The first-order chi connectivity index (χ1) is 16.8. The van der Waals surface area contributed by atoms with E-state index < -0.39 is 22.5 Å². The number of thioether (sulfide) groups is 1. The monoisotopic (exact) mass is 516 g/mol. The Morgan fingerprint density at radius 2 is 1.71 bits per heavy atom. The first-order valence-electron chi connectivity index (χ1n) is 11.2. The number of para-hydroxylation sites is 2. The number of nitrogens with zero attached hydrogens (tertiary/aromatic N) is 1. The number of sulfonamides is 1. The molecule has 6 nitrogen and oxygen atoms in total. The normalized spacial score (nSPS) is 11.2. The van der Waals surface area contributed by atoms with E-state index in [1.54, 1.807) is 48.5 Å². The van der Waals surface area contributed by atoms with E-state index in [4.69, 9.17) is 4.74 Å². The zero-order chi connectivity index (χ0) is 25.3. The molecule has 0 unspecified atom stereocenters. The largest absolute Gasteiger partial charge is 0.492 e.